The summed E-state index contributed by atoms with van der Waals surface area (Å²) in [4.78, 5) is 20.7. The van der Waals surface area contributed by atoms with Crippen LogP contribution >= 0.6 is 0 Å². The second-order valence-electron chi connectivity index (χ2n) is 6.78. The third-order valence-electron chi connectivity index (χ3n) is 4.55. The number of pyridine rings is 2. The number of rotatable bonds is 5. The molecule has 29 heavy (non-hydrogen) atoms. The minimum atomic E-state index is -0.515. The van der Waals surface area contributed by atoms with Gasteiger partial charge in [-0.05, 0) is 50.6 Å². The van der Waals surface area contributed by atoms with Crippen molar-refractivity contribution in [1.29, 1.82) is 0 Å². The number of allylic oxidation sites excluding steroid dienone is 1. The van der Waals surface area contributed by atoms with Gasteiger partial charge < -0.3 is 10.1 Å². The van der Waals surface area contributed by atoms with Gasteiger partial charge in [0.2, 0.25) is 0 Å². The lowest BCUT2D eigenvalue weighted by Crippen LogP contribution is -2.14. The Hall–Kier alpha value is -3.54. The SMILES string of the molecule is COc1ccc(C(=C(C)C)c2ccc(NC(=O)c3cncc(F)c3C)cn2)cc1. The minimum Gasteiger partial charge on any atom is -0.497 e. The Morgan fingerprint density at radius 3 is 2.34 bits per heavy atom. The Balaban J connectivity index is 1.83. The van der Waals surface area contributed by atoms with Crippen LogP contribution in [-0.2, 0) is 0 Å². The van der Waals surface area contributed by atoms with E-state index in [2.05, 4.69) is 15.3 Å². The number of aromatic nitrogens is 2. The van der Waals surface area contributed by atoms with Gasteiger partial charge in [0, 0.05) is 17.3 Å². The third kappa shape index (κ3) is 4.48. The van der Waals surface area contributed by atoms with Crippen molar-refractivity contribution in [3.05, 3.63) is 88.8 Å². The van der Waals surface area contributed by atoms with Crippen LogP contribution < -0.4 is 10.1 Å². The zero-order valence-electron chi connectivity index (χ0n) is 16.8. The molecule has 1 N–H and O–H groups in total. The van der Waals surface area contributed by atoms with E-state index in [1.54, 1.807) is 26.3 Å². The maximum Gasteiger partial charge on any atom is 0.257 e. The summed E-state index contributed by atoms with van der Waals surface area (Å²) in [6.07, 6.45) is 4.02. The van der Waals surface area contributed by atoms with E-state index in [1.807, 2.05) is 44.2 Å². The van der Waals surface area contributed by atoms with Crippen molar-refractivity contribution >= 4 is 17.2 Å². The molecule has 0 atom stereocenters. The summed E-state index contributed by atoms with van der Waals surface area (Å²) in [5.41, 5.74) is 4.90. The van der Waals surface area contributed by atoms with Crippen molar-refractivity contribution < 1.29 is 13.9 Å². The average Bonchev–Trinajstić information content (AvgIpc) is 2.71. The molecule has 0 spiro atoms. The molecule has 0 aliphatic rings. The van der Waals surface area contributed by atoms with Gasteiger partial charge in [-0.25, -0.2) is 4.39 Å². The Bertz CT molecular complexity index is 1050. The molecule has 3 rings (SSSR count). The van der Waals surface area contributed by atoms with E-state index >= 15 is 0 Å². The zero-order valence-corrected chi connectivity index (χ0v) is 16.8. The van der Waals surface area contributed by atoms with Gasteiger partial charge in [-0.15, -0.1) is 0 Å². The molecule has 148 valence electrons. The number of hydrogen-bond acceptors (Lipinski definition) is 4. The maximum absolute atomic E-state index is 13.6. The van der Waals surface area contributed by atoms with Crippen LogP contribution in [0.15, 0.2) is 60.6 Å². The zero-order chi connectivity index (χ0) is 21.0. The van der Waals surface area contributed by atoms with Crippen molar-refractivity contribution in [1.82, 2.24) is 9.97 Å². The molecule has 5 nitrogen and oxygen atoms in total. The van der Waals surface area contributed by atoms with Gasteiger partial charge in [0.25, 0.3) is 5.91 Å². The number of carbonyl (C=O) groups is 1. The number of nitrogens with one attached hydrogen (secondary N) is 1. The second kappa shape index (κ2) is 8.65. The van der Waals surface area contributed by atoms with Gasteiger partial charge in [0.1, 0.15) is 11.6 Å². The Morgan fingerprint density at radius 2 is 1.76 bits per heavy atom. The first-order valence-electron chi connectivity index (χ1n) is 9.10. The molecule has 3 aromatic rings. The Labute approximate surface area is 169 Å². The first-order valence-corrected chi connectivity index (χ1v) is 9.10. The van der Waals surface area contributed by atoms with Gasteiger partial charge in [-0.2, -0.15) is 0 Å². The van der Waals surface area contributed by atoms with Gasteiger partial charge in [0.05, 0.1) is 36.4 Å². The van der Waals surface area contributed by atoms with Crippen LogP contribution in [0.5, 0.6) is 5.75 Å². The van der Waals surface area contributed by atoms with Crippen molar-refractivity contribution in [3.63, 3.8) is 0 Å². The lowest BCUT2D eigenvalue weighted by Gasteiger charge is -2.12. The molecule has 2 heterocycles. The smallest absolute Gasteiger partial charge is 0.257 e. The molecular formula is C23H22FN3O2. The summed E-state index contributed by atoms with van der Waals surface area (Å²) in [6.45, 7) is 5.59. The van der Waals surface area contributed by atoms with E-state index < -0.39 is 11.7 Å². The molecule has 1 aromatic carbocycles. The number of ether oxygens (including phenoxy) is 1. The van der Waals surface area contributed by atoms with Crippen molar-refractivity contribution in [3.8, 4) is 5.75 Å². The van der Waals surface area contributed by atoms with Gasteiger partial charge in [-0.3, -0.25) is 14.8 Å². The van der Waals surface area contributed by atoms with Gasteiger partial charge >= 0.3 is 0 Å². The summed E-state index contributed by atoms with van der Waals surface area (Å²) in [6, 6.07) is 11.4. The highest BCUT2D eigenvalue weighted by molar-refractivity contribution is 6.05. The number of nitrogens with zero attached hydrogens (tertiary/aromatic N) is 2. The molecular weight excluding hydrogens is 369 g/mol. The van der Waals surface area contributed by atoms with E-state index in [-0.39, 0.29) is 11.1 Å². The number of halogens is 1. The summed E-state index contributed by atoms with van der Waals surface area (Å²) < 4.78 is 18.9. The van der Waals surface area contributed by atoms with Crippen LogP contribution in [-0.4, -0.2) is 23.0 Å². The van der Waals surface area contributed by atoms with Crippen LogP contribution in [0.25, 0.3) is 5.57 Å². The molecule has 0 aliphatic heterocycles. The Morgan fingerprint density at radius 1 is 1.03 bits per heavy atom. The molecule has 0 saturated carbocycles. The van der Waals surface area contributed by atoms with Crippen LogP contribution in [0.3, 0.4) is 0 Å². The van der Waals surface area contributed by atoms with Crippen LogP contribution in [0.2, 0.25) is 0 Å². The lowest BCUT2D eigenvalue weighted by molar-refractivity contribution is 0.102. The average molecular weight is 391 g/mol. The first kappa shape index (κ1) is 20.2. The fraction of sp³-hybridized carbons (Fsp3) is 0.174. The molecule has 0 saturated heterocycles. The standard InChI is InChI=1S/C23H22FN3O2/c1-14(2)22(16-5-8-18(29-4)9-6-16)21-10-7-17(11-26-21)27-23(28)19-12-25-13-20(24)15(19)3/h5-13H,1-4H3,(H,27,28). The third-order valence-corrected chi connectivity index (χ3v) is 4.55. The molecule has 0 radical (unpaired) electrons. The van der Waals surface area contributed by atoms with Gasteiger partial charge in [0.15, 0.2) is 0 Å². The monoisotopic (exact) mass is 391 g/mol. The minimum absolute atomic E-state index is 0.192. The van der Waals surface area contributed by atoms with Crippen molar-refractivity contribution in [2.45, 2.75) is 20.8 Å². The quantitative estimate of drug-likeness (QED) is 0.663. The molecule has 2 aromatic heterocycles. The normalized spacial score (nSPS) is 10.4. The van der Waals surface area contributed by atoms with Crippen LogP contribution in [0, 0.1) is 12.7 Å². The Kier molecular flexibility index (Phi) is 6.02. The topological polar surface area (TPSA) is 64.1 Å². The van der Waals surface area contributed by atoms with Gasteiger partial charge in [-0.1, -0.05) is 17.7 Å². The van der Waals surface area contributed by atoms with Crippen LogP contribution in [0.1, 0.15) is 41.0 Å². The fourth-order valence-corrected chi connectivity index (χ4v) is 2.99. The number of anilines is 1. The predicted octanol–water partition coefficient (Wildman–Crippen LogP) is 5.03. The largest absolute Gasteiger partial charge is 0.497 e. The van der Waals surface area contributed by atoms with E-state index in [0.29, 0.717) is 5.69 Å². The van der Waals surface area contributed by atoms with E-state index in [4.69, 9.17) is 4.74 Å². The molecule has 1 amide bonds. The summed E-state index contributed by atoms with van der Waals surface area (Å²) >= 11 is 0. The summed E-state index contributed by atoms with van der Waals surface area (Å²) in [5.74, 6) is -0.157. The fourth-order valence-electron chi connectivity index (χ4n) is 2.99. The number of benzene rings is 1. The lowest BCUT2D eigenvalue weighted by atomic mass is 9.97. The van der Waals surface area contributed by atoms with Crippen molar-refractivity contribution in [2.75, 3.05) is 12.4 Å². The van der Waals surface area contributed by atoms with E-state index in [0.717, 1.165) is 34.3 Å². The molecule has 0 bridgehead atoms. The second-order valence-corrected chi connectivity index (χ2v) is 6.78. The summed E-state index contributed by atoms with van der Waals surface area (Å²) in [7, 11) is 1.63. The molecule has 0 unspecified atom stereocenters. The van der Waals surface area contributed by atoms with Crippen molar-refractivity contribution in [2.24, 2.45) is 0 Å². The predicted molar refractivity (Wildman–Crippen MR) is 111 cm³/mol. The highest BCUT2D eigenvalue weighted by Crippen LogP contribution is 2.27. The first-order chi connectivity index (χ1) is 13.9. The number of amides is 1. The molecule has 0 fully saturated rings. The van der Waals surface area contributed by atoms with E-state index in [1.165, 1.54) is 6.20 Å². The number of methoxy groups -OCH3 is 1. The summed E-state index contributed by atoms with van der Waals surface area (Å²) in [5, 5.41) is 2.74. The highest BCUT2D eigenvalue weighted by atomic mass is 19.1. The number of carbonyl (C=O) groups excluding carboxylic acids is 1. The van der Waals surface area contributed by atoms with E-state index in [9.17, 15) is 9.18 Å². The number of hydrogen-bond donors (Lipinski definition) is 1. The molecule has 6 heteroatoms. The van der Waals surface area contributed by atoms with Crippen LogP contribution in [0.4, 0.5) is 10.1 Å². The highest BCUT2D eigenvalue weighted by Gasteiger charge is 2.14. The molecule has 0 aliphatic carbocycles. The maximum atomic E-state index is 13.6.